The number of imidazole rings is 1. The lowest BCUT2D eigenvalue weighted by atomic mass is 9.86. The Morgan fingerprint density at radius 3 is 1.97 bits per heavy atom. The zero-order chi connectivity index (χ0) is 23.5. The molecule has 1 unspecified atom stereocenters. The Kier molecular flexibility index (Phi) is 6.33. The third kappa shape index (κ3) is 4.42. The predicted octanol–water partition coefficient (Wildman–Crippen LogP) is 5.70. The van der Waals surface area contributed by atoms with Crippen molar-refractivity contribution in [3.63, 3.8) is 0 Å². The fourth-order valence-electron chi connectivity index (χ4n) is 4.27. The van der Waals surface area contributed by atoms with Gasteiger partial charge in [0.25, 0.3) is 0 Å². The lowest BCUT2D eigenvalue weighted by molar-refractivity contribution is -0.250. The van der Waals surface area contributed by atoms with E-state index >= 15 is 0 Å². The molecule has 0 saturated carbocycles. The van der Waals surface area contributed by atoms with Crippen LogP contribution in [-0.2, 0) is 16.0 Å². The van der Waals surface area contributed by atoms with Crippen LogP contribution in [0.4, 0.5) is 0 Å². The average Bonchev–Trinajstić information content (AvgIpc) is 3.25. The van der Waals surface area contributed by atoms with E-state index in [0.717, 1.165) is 28.3 Å². The van der Waals surface area contributed by atoms with Crippen LogP contribution < -0.4 is 0 Å². The lowest BCUT2D eigenvalue weighted by Gasteiger charge is -2.39. The number of rotatable bonds is 6. The van der Waals surface area contributed by atoms with E-state index in [2.05, 4.69) is 41.0 Å². The third-order valence-electron chi connectivity index (χ3n) is 6.62. The van der Waals surface area contributed by atoms with Crippen molar-refractivity contribution in [2.75, 3.05) is 13.2 Å². The van der Waals surface area contributed by atoms with Crippen molar-refractivity contribution in [3.05, 3.63) is 102 Å². The van der Waals surface area contributed by atoms with Crippen LogP contribution in [-0.4, -0.2) is 34.0 Å². The topological polar surface area (TPSA) is 56.5 Å². The molecule has 5 rings (SSSR count). The van der Waals surface area contributed by atoms with E-state index in [0.29, 0.717) is 19.8 Å². The van der Waals surface area contributed by atoms with Gasteiger partial charge in [0.2, 0.25) is 6.29 Å². The number of aromatic nitrogens is 2. The van der Waals surface area contributed by atoms with Gasteiger partial charge in [-0.05, 0) is 12.5 Å². The van der Waals surface area contributed by atoms with Crippen LogP contribution in [0.5, 0.6) is 0 Å². The second-order valence-corrected chi connectivity index (χ2v) is 9.25. The molecule has 1 atom stereocenters. The van der Waals surface area contributed by atoms with E-state index in [1.807, 2.05) is 61.5 Å². The molecule has 0 aliphatic carbocycles. The monoisotopic (exact) mass is 454 g/mol. The number of hydrogen-bond acceptors (Lipinski definition) is 4. The lowest BCUT2D eigenvalue weighted by Crippen LogP contribution is -2.44. The van der Waals surface area contributed by atoms with E-state index in [4.69, 9.17) is 14.5 Å². The molecule has 4 aromatic rings. The summed E-state index contributed by atoms with van der Waals surface area (Å²) in [4.78, 5) is 5.12. The Balaban J connectivity index is 1.65. The molecule has 2 heterocycles. The highest BCUT2D eigenvalue weighted by Gasteiger charge is 2.39. The van der Waals surface area contributed by atoms with Crippen molar-refractivity contribution >= 4 is 0 Å². The van der Waals surface area contributed by atoms with Gasteiger partial charge in [0, 0.05) is 23.1 Å². The highest BCUT2D eigenvalue weighted by Crippen LogP contribution is 2.39. The van der Waals surface area contributed by atoms with E-state index in [1.165, 1.54) is 5.56 Å². The summed E-state index contributed by atoms with van der Waals surface area (Å²) in [5.41, 5.74) is 4.77. The summed E-state index contributed by atoms with van der Waals surface area (Å²) in [7, 11) is 0. The number of nitrogens with zero attached hydrogens (tertiary/aromatic N) is 2. The molecule has 0 amide bonds. The molecule has 0 spiro atoms. The van der Waals surface area contributed by atoms with Crippen LogP contribution in [0.15, 0.2) is 91.0 Å². The van der Waals surface area contributed by atoms with Gasteiger partial charge in [-0.1, -0.05) is 97.9 Å². The quantitative estimate of drug-likeness (QED) is 0.406. The van der Waals surface area contributed by atoms with Gasteiger partial charge >= 0.3 is 0 Å². The average molecular weight is 455 g/mol. The highest BCUT2D eigenvalue weighted by molar-refractivity contribution is 5.79. The first-order valence-corrected chi connectivity index (χ1v) is 11.7. The number of aliphatic hydroxyl groups excluding tert-OH is 1. The minimum Gasteiger partial charge on any atom is -0.393 e. The first kappa shape index (κ1) is 22.5. The van der Waals surface area contributed by atoms with Crippen LogP contribution in [0.3, 0.4) is 0 Å². The van der Waals surface area contributed by atoms with E-state index in [1.54, 1.807) is 6.92 Å². The molecule has 0 radical (unpaired) electrons. The molecule has 5 heteroatoms. The molecular formula is C29H30N2O3. The maximum Gasteiger partial charge on any atom is 0.217 e. The summed E-state index contributed by atoms with van der Waals surface area (Å²) in [6.45, 7) is 5.19. The number of hydrogen-bond donors (Lipinski definition) is 1. The second kappa shape index (κ2) is 9.55. The van der Waals surface area contributed by atoms with Gasteiger partial charge in [-0.15, -0.1) is 0 Å². The van der Waals surface area contributed by atoms with Gasteiger partial charge in [-0.3, -0.25) is 0 Å². The molecule has 1 fully saturated rings. The van der Waals surface area contributed by atoms with Crippen LogP contribution in [0.2, 0.25) is 0 Å². The summed E-state index contributed by atoms with van der Waals surface area (Å²) in [6.07, 6.45) is -1.15. The van der Waals surface area contributed by atoms with Gasteiger partial charge in [-0.2, -0.15) is 0 Å². The minimum absolute atomic E-state index is 0.398. The summed E-state index contributed by atoms with van der Waals surface area (Å²) in [6, 6.07) is 30.9. The zero-order valence-corrected chi connectivity index (χ0v) is 19.6. The molecule has 1 aliphatic heterocycles. The molecule has 174 valence electrons. The molecular weight excluding hydrogens is 424 g/mol. The minimum atomic E-state index is -0.615. The van der Waals surface area contributed by atoms with Crippen molar-refractivity contribution < 1.29 is 14.6 Å². The molecule has 3 aromatic carbocycles. The normalized spacial score (nSPS) is 21.3. The molecule has 1 aliphatic rings. The first-order valence-electron chi connectivity index (χ1n) is 11.7. The van der Waals surface area contributed by atoms with Gasteiger partial charge in [-0.25, -0.2) is 4.98 Å². The summed E-state index contributed by atoms with van der Waals surface area (Å²) in [5.74, 6) is 0.731. The van der Waals surface area contributed by atoms with Gasteiger partial charge < -0.3 is 19.1 Å². The largest absolute Gasteiger partial charge is 0.393 e. The van der Waals surface area contributed by atoms with Gasteiger partial charge in [0.15, 0.2) is 5.82 Å². The van der Waals surface area contributed by atoms with Crippen LogP contribution in [0, 0.1) is 5.41 Å². The maximum absolute atomic E-state index is 10.2. The van der Waals surface area contributed by atoms with E-state index < -0.39 is 17.8 Å². The molecule has 1 N–H and O–H groups in total. The second-order valence-electron chi connectivity index (χ2n) is 9.25. The third-order valence-corrected chi connectivity index (χ3v) is 6.62. The van der Waals surface area contributed by atoms with Crippen LogP contribution in [0.25, 0.3) is 22.5 Å². The summed E-state index contributed by atoms with van der Waals surface area (Å²) >= 11 is 0. The number of ether oxygens (including phenoxy) is 2. The fourth-order valence-corrected chi connectivity index (χ4v) is 4.27. The Morgan fingerprint density at radius 1 is 0.882 bits per heavy atom. The standard InChI is InChI=1S/C29H30N2O3/c1-21(32)29(2)19-33-28(34-20-29)27-30-25(23-14-8-4-9-15-23)26(24-16-10-5-11-17-24)31(27)18-22-12-6-3-7-13-22/h3-17,21,28,32H,18-20H2,1-2H3/t21?,28-,29+. The van der Waals surface area contributed by atoms with Crippen molar-refractivity contribution in [1.82, 2.24) is 9.55 Å². The van der Waals surface area contributed by atoms with Crippen molar-refractivity contribution in [1.29, 1.82) is 0 Å². The predicted molar refractivity (Wildman–Crippen MR) is 133 cm³/mol. The molecule has 34 heavy (non-hydrogen) atoms. The summed E-state index contributed by atoms with van der Waals surface area (Å²) < 4.78 is 14.6. The first-order chi connectivity index (χ1) is 16.5. The fraction of sp³-hybridized carbons (Fsp3) is 0.276. The molecule has 1 aromatic heterocycles. The van der Waals surface area contributed by atoms with E-state index in [9.17, 15) is 5.11 Å². The number of benzene rings is 3. The highest BCUT2D eigenvalue weighted by atomic mass is 16.7. The SMILES string of the molecule is CC(O)[C@]1(C)CO[C@H](c2nc(-c3ccccc3)c(-c3ccccc3)n2Cc2ccccc2)OC1. The molecule has 5 nitrogen and oxygen atoms in total. The maximum atomic E-state index is 10.2. The Bertz CT molecular complexity index is 1210. The van der Waals surface area contributed by atoms with Crippen molar-refractivity contribution in [2.24, 2.45) is 5.41 Å². The zero-order valence-electron chi connectivity index (χ0n) is 19.6. The summed E-state index contributed by atoms with van der Waals surface area (Å²) in [5, 5.41) is 10.2. The van der Waals surface area contributed by atoms with Crippen LogP contribution in [0.1, 0.15) is 31.5 Å². The molecule has 1 saturated heterocycles. The Labute approximate surface area is 200 Å². The Hall–Kier alpha value is -3.25. The smallest absolute Gasteiger partial charge is 0.217 e. The van der Waals surface area contributed by atoms with Crippen molar-refractivity contribution in [3.8, 4) is 22.5 Å². The number of aliphatic hydroxyl groups is 1. The van der Waals surface area contributed by atoms with Crippen LogP contribution >= 0.6 is 0 Å². The van der Waals surface area contributed by atoms with Crippen molar-refractivity contribution in [2.45, 2.75) is 32.8 Å². The Morgan fingerprint density at radius 2 is 1.41 bits per heavy atom. The van der Waals surface area contributed by atoms with Gasteiger partial charge in [0.05, 0.1) is 30.7 Å². The molecule has 0 bridgehead atoms. The van der Waals surface area contributed by atoms with Gasteiger partial charge in [0.1, 0.15) is 0 Å². The van der Waals surface area contributed by atoms with E-state index in [-0.39, 0.29) is 0 Å².